The van der Waals surface area contributed by atoms with Gasteiger partial charge in [0.1, 0.15) is 5.92 Å². The molecule has 0 bridgehead atoms. The van der Waals surface area contributed by atoms with Crippen LogP contribution < -0.4 is 15.1 Å². The monoisotopic (exact) mass is 363 g/mol. The van der Waals surface area contributed by atoms with Crippen LogP contribution in [0, 0.1) is 12.8 Å². The second-order valence-corrected chi connectivity index (χ2v) is 7.52. The van der Waals surface area contributed by atoms with Crippen molar-refractivity contribution < 1.29 is 9.59 Å². The quantitative estimate of drug-likeness (QED) is 0.851. The number of nitrogens with one attached hydrogen (secondary N) is 1. The maximum atomic E-state index is 12.8. The zero-order valence-corrected chi connectivity index (χ0v) is 15.9. The third kappa shape index (κ3) is 3.42. The number of anilines is 3. The zero-order chi connectivity index (χ0) is 19.0. The average Bonchev–Trinajstić information content (AvgIpc) is 3.04. The summed E-state index contributed by atoms with van der Waals surface area (Å²) in [7, 11) is 2.09. The molecule has 5 nitrogen and oxygen atoms in total. The van der Waals surface area contributed by atoms with Gasteiger partial charge in [-0.05, 0) is 62.1 Å². The Balaban J connectivity index is 1.46. The molecule has 2 aliphatic heterocycles. The van der Waals surface area contributed by atoms with Crippen molar-refractivity contribution in [1.82, 2.24) is 0 Å². The van der Waals surface area contributed by atoms with Crippen LogP contribution in [0.1, 0.15) is 24.0 Å². The lowest BCUT2D eigenvalue weighted by Gasteiger charge is -2.28. The molecule has 4 rings (SSSR count). The van der Waals surface area contributed by atoms with E-state index in [0.717, 1.165) is 36.3 Å². The Morgan fingerprint density at radius 1 is 1.11 bits per heavy atom. The van der Waals surface area contributed by atoms with E-state index in [9.17, 15) is 9.59 Å². The molecule has 0 spiro atoms. The smallest absolute Gasteiger partial charge is 0.239 e. The number of benzene rings is 2. The van der Waals surface area contributed by atoms with Crippen molar-refractivity contribution in [3.05, 3.63) is 53.6 Å². The highest BCUT2D eigenvalue weighted by molar-refractivity contribution is 6.13. The summed E-state index contributed by atoms with van der Waals surface area (Å²) in [5.41, 5.74) is 5.26. The summed E-state index contributed by atoms with van der Waals surface area (Å²) < 4.78 is 0. The number of carbonyl (C=O) groups is 2. The molecule has 2 heterocycles. The topological polar surface area (TPSA) is 52.7 Å². The Bertz CT molecular complexity index is 876. The van der Waals surface area contributed by atoms with Crippen molar-refractivity contribution in [1.29, 1.82) is 0 Å². The largest absolute Gasteiger partial charge is 0.374 e. The van der Waals surface area contributed by atoms with Gasteiger partial charge in [-0.2, -0.15) is 0 Å². The molecular formula is C22H25N3O2. The molecule has 2 aliphatic rings. The van der Waals surface area contributed by atoms with Crippen LogP contribution in [-0.2, 0) is 16.0 Å². The molecule has 27 heavy (non-hydrogen) atoms. The fraction of sp³-hybridized carbons (Fsp3) is 0.364. The third-order valence-electron chi connectivity index (χ3n) is 5.57. The second kappa shape index (κ2) is 7.06. The van der Waals surface area contributed by atoms with Gasteiger partial charge in [0, 0.05) is 37.2 Å². The first-order chi connectivity index (χ1) is 13.0. The number of hydrogen-bond acceptors (Lipinski definition) is 3. The normalized spacial score (nSPS) is 19.2. The molecule has 2 amide bonds. The van der Waals surface area contributed by atoms with Gasteiger partial charge in [0.2, 0.25) is 11.8 Å². The predicted octanol–water partition coefficient (Wildman–Crippen LogP) is 3.37. The SMILES string of the molecule is Cc1ccc(N2CCC(C(=O)Nc3ccc4c(c3)CCCN4C)C2=O)cc1. The minimum absolute atomic E-state index is 0.117. The highest BCUT2D eigenvalue weighted by Crippen LogP contribution is 2.30. The summed E-state index contributed by atoms with van der Waals surface area (Å²) in [6.45, 7) is 3.65. The standard InChI is InChI=1S/C22H25N3O2/c1-15-5-8-18(9-6-15)25-13-11-19(22(25)27)21(26)23-17-7-10-20-16(14-17)4-3-12-24(20)2/h5-10,14,19H,3-4,11-13H2,1-2H3,(H,23,26). The first-order valence-corrected chi connectivity index (χ1v) is 9.56. The summed E-state index contributed by atoms with van der Waals surface area (Å²) in [6, 6.07) is 13.9. The number of amides is 2. The second-order valence-electron chi connectivity index (χ2n) is 7.52. The molecule has 1 N–H and O–H groups in total. The van der Waals surface area contributed by atoms with E-state index in [2.05, 4.69) is 23.3 Å². The van der Waals surface area contributed by atoms with Crippen LogP contribution in [0.25, 0.3) is 0 Å². The summed E-state index contributed by atoms with van der Waals surface area (Å²) in [4.78, 5) is 29.4. The van der Waals surface area contributed by atoms with Gasteiger partial charge in [0.25, 0.3) is 0 Å². The minimum atomic E-state index is -0.620. The van der Waals surface area contributed by atoms with Crippen molar-refractivity contribution in [3.63, 3.8) is 0 Å². The number of aryl methyl sites for hydroxylation is 2. The molecule has 0 radical (unpaired) electrons. The van der Waals surface area contributed by atoms with E-state index in [1.165, 1.54) is 11.3 Å². The van der Waals surface area contributed by atoms with Crippen molar-refractivity contribution in [2.24, 2.45) is 5.92 Å². The van der Waals surface area contributed by atoms with Crippen molar-refractivity contribution in [3.8, 4) is 0 Å². The van der Waals surface area contributed by atoms with Gasteiger partial charge in [-0.25, -0.2) is 0 Å². The summed E-state index contributed by atoms with van der Waals surface area (Å²) in [5, 5.41) is 2.96. The van der Waals surface area contributed by atoms with Crippen LogP contribution in [0.15, 0.2) is 42.5 Å². The van der Waals surface area contributed by atoms with Gasteiger partial charge in [0.15, 0.2) is 0 Å². The lowest BCUT2D eigenvalue weighted by Crippen LogP contribution is -2.33. The van der Waals surface area contributed by atoms with Gasteiger partial charge < -0.3 is 15.1 Å². The molecule has 1 unspecified atom stereocenters. The van der Waals surface area contributed by atoms with Crippen molar-refractivity contribution in [2.75, 3.05) is 35.3 Å². The average molecular weight is 363 g/mol. The lowest BCUT2D eigenvalue weighted by atomic mass is 10.0. The number of hydrogen-bond donors (Lipinski definition) is 1. The number of rotatable bonds is 3. The Hall–Kier alpha value is -2.82. The molecule has 1 saturated heterocycles. The van der Waals surface area contributed by atoms with E-state index in [1.54, 1.807) is 4.90 Å². The molecular weight excluding hydrogens is 338 g/mol. The minimum Gasteiger partial charge on any atom is -0.374 e. The van der Waals surface area contributed by atoms with E-state index in [1.807, 2.05) is 43.3 Å². The Morgan fingerprint density at radius 3 is 2.67 bits per heavy atom. The van der Waals surface area contributed by atoms with Crippen LogP contribution in [-0.4, -0.2) is 32.0 Å². The summed E-state index contributed by atoms with van der Waals surface area (Å²) in [5.74, 6) is -0.946. The first kappa shape index (κ1) is 17.6. The fourth-order valence-electron chi connectivity index (χ4n) is 4.00. The van der Waals surface area contributed by atoms with E-state index < -0.39 is 5.92 Å². The van der Waals surface area contributed by atoms with E-state index in [-0.39, 0.29) is 11.8 Å². The number of carbonyl (C=O) groups excluding carboxylic acids is 2. The molecule has 0 aromatic heterocycles. The Labute approximate surface area is 160 Å². The summed E-state index contributed by atoms with van der Waals surface area (Å²) >= 11 is 0. The molecule has 140 valence electrons. The number of fused-ring (bicyclic) bond motifs is 1. The van der Waals surface area contributed by atoms with Crippen LogP contribution in [0.5, 0.6) is 0 Å². The zero-order valence-electron chi connectivity index (χ0n) is 15.9. The van der Waals surface area contributed by atoms with Gasteiger partial charge in [-0.15, -0.1) is 0 Å². The van der Waals surface area contributed by atoms with Gasteiger partial charge in [0.05, 0.1) is 0 Å². The van der Waals surface area contributed by atoms with Crippen LogP contribution in [0.4, 0.5) is 17.1 Å². The van der Waals surface area contributed by atoms with Crippen molar-refractivity contribution >= 4 is 28.9 Å². The van der Waals surface area contributed by atoms with Gasteiger partial charge in [-0.1, -0.05) is 17.7 Å². The number of nitrogens with zero attached hydrogens (tertiary/aromatic N) is 2. The maximum Gasteiger partial charge on any atom is 0.239 e. The van der Waals surface area contributed by atoms with Crippen LogP contribution in [0.3, 0.4) is 0 Å². The third-order valence-corrected chi connectivity index (χ3v) is 5.57. The Morgan fingerprint density at radius 2 is 1.89 bits per heavy atom. The molecule has 0 saturated carbocycles. The molecule has 2 aromatic rings. The molecule has 0 aliphatic carbocycles. The van der Waals surface area contributed by atoms with Crippen molar-refractivity contribution in [2.45, 2.75) is 26.2 Å². The summed E-state index contributed by atoms with van der Waals surface area (Å²) in [6.07, 6.45) is 2.69. The molecule has 5 heteroatoms. The van der Waals surface area contributed by atoms with E-state index >= 15 is 0 Å². The molecule has 1 fully saturated rings. The van der Waals surface area contributed by atoms with Gasteiger partial charge in [-0.3, -0.25) is 9.59 Å². The highest BCUT2D eigenvalue weighted by atomic mass is 16.2. The lowest BCUT2D eigenvalue weighted by molar-refractivity contribution is -0.129. The van der Waals surface area contributed by atoms with Crippen LogP contribution in [0.2, 0.25) is 0 Å². The van der Waals surface area contributed by atoms with E-state index in [0.29, 0.717) is 13.0 Å². The maximum absolute atomic E-state index is 12.8. The highest BCUT2D eigenvalue weighted by Gasteiger charge is 2.37. The fourth-order valence-corrected chi connectivity index (χ4v) is 4.00. The molecule has 2 aromatic carbocycles. The predicted molar refractivity (Wildman–Crippen MR) is 108 cm³/mol. The Kier molecular flexibility index (Phi) is 4.60. The van der Waals surface area contributed by atoms with Crippen LogP contribution >= 0.6 is 0 Å². The molecule has 1 atom stereocenters. The first-order valence-electron chi connectivity index (χ1n) is 9.56. The van der Waals surface area contributed by atoms with E-state index in [4.69, 9.17) is 0 Å². The van der Waals surface area contributed by atoms with Gasteiger partial charge >= 0.3 is 0 Å².